The molecule has 1 aliphatic heterocycles. The Hall–Kier alpha value is -1.27. The first kappa shape index (κ1) is 8.33. The van der Waals surface area contributed by atoms with Crippen molar-refractivity contribution in [2.24, 2.45) is 5.14 Å². The number of hydrogen-bond acceptors (Lipinski definition) is 3. The van der Waals surface area contributed by atoms with E-state index in [1.165, 1.54) is 0 Å². The van der Waals surface area contributed by atoms with Crippen molar-refractivity contribution in [1.29, 1.82) is 4.78 Å². The quantitative estimate of drug-likeness (QED) is 0.695. The highest BCUT2D eigenvalue weighted by atomic mass is 32.2. The zero-order chi connectivity index (χ0) is 9.47. The molecule has 1 aromatic heterocycles. The van der Waals surface area contributed by atoms with Gasteiger partial charge in [-0.05, 0) is 12.1 Å². The highest BCUT2D eigenvalue weighted by Crippen LogP contribution is 2.26. The summed E-state index contributed by atoms with van der Waals surface area (Å²) >= 11 is 0. The molecule has 13 heavy (non-hydrogen) atoms. The molecule has 2 heterocycles. The van der Waals surface area contributed by atoms with Crippen molar-refractivity contribution >= 4 is 16.1 Å². The molecule has 3 N–H and O–H groups in total. The van der Waals surface area contributed by atoms with Crippen LogP contribution in [0.15, 0.2) is 23.2 Å². The van der Waals surface area contributed by atoms with Gasteiger partial charge in [-0.25, -0.2) is 14.1 Å². The molecule has 0 spiro atoms. The van der Waals surface area contributed by atoms with Gasteiger partial charge in [0.2, 0.25) is 5.88 Å². The van der Waals surface area contributed by atoms with Gasteiger partial charge in [0.25, 0.3) is 0 Å². The van der Waals surface area contributed by atoms with E-state index in [0.29, 0.717) is 12.5 Å². The van der Waals surface area contributed by atoms with E-state index in [0.717, 1.165) is 0 Å². The van der Waals surface area contributed by atoms with E-state index in [2.05, 4.69) is 0 Å². The lowest BCUT2D eigenvalue weighted by molar-refractivity contribution is 0.327. The van der Waals surface area contributed by atoms with Gasteiger partial charge in [0, 0.05) is 12.4 Å². The zero-order valence-electron chi connectivity index (χ0n) is 6.77. The molecular formula is C7H9N3O2S. The largest absolute Gasteiger partial charge is 0.473 e. The van der Waals surface area contributed by atoms with Crippen molar-refractivity contribution in [3.8, 4) is 5.88 Å². The number of hydrogen-bond donors (Lipinski definition) is 2. The van der Waals surface area contributed by atoms with Gasteiger partial charge in [0.05, 0.1) is 0 Å². The fourth-order valence-electron chi connectivity index (χ4n) is 1.19. The predicted octanol–water partition coefficient (Wildman–Crippen LogP) is 0.631. The van der Waals surface area contributed by atoms with E-state index < -0.39 is 9.92 Å². The Morgan fingerprint density at radius 1 is 1.69 bits per heavy atom. The van der Waals surface area contributed by atoms with E-state index in [1.54, 1.807) is 23.0 Å². The van der Waals surface area contributed by atoms with Crippen LogP contribution in [0.4, 0.5) is 0 Å². The summed E-state index contributed by atoms with van der Waals surface area (Å²) in [6.45, 7) is 0.423. The molecular weight excluding hydrogens is 190 g/mol. The van der Waals surface area contributed by atoms with Crippen LogP contribution in [0.1, 0.15) is 0 Å². The molecule has 0 amide bonds. The van der Waals surface area contributed by atoms with Crippen LogP contribution in [0.2, 0.25) is 0 Å². The lowest BCUT2D eigenvalue weighted by atomic mass is 10.5. The van der Waals surface area contributed by atoms with E-state index >= 15 is 0 Å². The molecule has 70 valence electrons. The van der Waals surface area contributed by atoms with E-state index in [-0.39, 0.29) is 4.90 Å². The summed E-state index contributed by atoms with van der Waals surface area (Å²) in [6, 6.07) is 1.54. The molecule has 6 heteroatoms. The number of nitrogens with zero attached hydrogens (tertiary/aromatic N) is 1. The summed E-state index contributed by atoms with van der Waals surface area (Å²) in [7, 11) is -3.18. The van der Waals surface area contributed by atoms with Gasteiger partial charge >= 0.3 is 0 Å². The number of nitrogens with two attached hydrogens (primary N) is 1. The number of nitrogens with one attached hydrogen (secondary N) is 1. The van der Waals surface area contributed by atoms with Gasteiger partial charge in [-0.1, -0.05) is 0 Å². The molecule has 5 nitrogen and oxygen atoms in total. The molecule has 0 aromatic carbocycles. The van der Waals surface area contributed by atoms with E-state index in [9.17, 15) is 4.21 Å². The molecule has 0 radical (unpaired) electrons. The Bertz CT molecular complexity index is 458. The maximum atomic E-state index is 11.2. The SMILES string of the molecule is N=S(N)(=O)c1ccn2c1OCC=C2. The molecule has 0 saturated carbocycles. The van der Waals surface area contributed by atoms with Gasteiger partial charge < -0.3 is 4.74 Å². The van der Waals surface area contributed by atoms with Crippen LogP contribution in [0.3, 0.4) is 0 Å². The maximum absolute atomic E-state index is 11.2. The topological polar surface area (TPSA) is 81.1 Å². The molecule has 2 rings (SSSR count). The summed E-state index contributed by atoms with van der Waals surface area (Å²) in [4.78, 5) is 0.247. The summed E-state index contributed by atoms with van der Waals surface area (Å²) in [5.74, 6) is 0.407. The third kappa shape index (κ3) is 1.34. The van der Waals surface area contributed by atoms with Crippen LogP contribution in [0.25, 0.3) is 6.20 Å². The van der Waals surface area contributed by atoms with Gasteiger partial charge in [0.1, 0.15) is 21.4 Å². The van der Waals surface area contributed by atoms with Crippen LogP contribution in [-0.2, 0) is 9.92 Å². The number of ether oxygens (including phenoxy) is 1. The number of fused-ring (bicyclic) bond motifs is 1. The molecule has 1 aromatic rings. The molecule has 0 fully saturated rings. The highest BCUT2D eigenvalue weighted by molar-refractivity contribution is 7.90. The van der Waals surface area contributed by atoms with Crippen molar-refractivity contribution in [3.63, 3.8) is 0 Å². The monoisotopic (exact) mass is 199 g/mol. The second-order valence-corrected chi connectivity index (χ2v) is 4.33. The third-order valence-electron chi connectivity index (χ3n) is 1.74. The first-order valence-corrected chi connectivity index (χ1v) is 5.28. The van der Waals surface area contributed by atoms with Crippen molar-refractivity contribution < 1.29 is 8.95 Å². The van der Waals surface area contributed by atoms with Crippen LogP contribution < -0.4 is 9.88 Å². The first-order chi connectivity index (χ1) is 6.09. The lowest BCUT2D eigenvalue weighted by Gasteiger charge is -2.12. The van der Waals surface area contributed by atoms with Crippen LogP contribution in [0.5, 0.6) is 5.88 Å². The molecule has 0 saturated heterocycles. The Morgan fingerprint density at radius 2 is 2.46 bits per heavy atom. The standard InChI is InChI=1S/C7H9N3O2S/c8-13(9,11)6-2-4-10-3-1-5-12-7(6)10/h1-4H,5H2,(H3,8,9,11). The smallest absolute Gasteiger partial charge is 0.216 e. The van der Waals surface area contributed by atoms with Crippen molar-refractivity contribution in [1.82, 2.24) is 4.57 Å². The molecule has 1 unspecified atom stereocenters. The van der Waals surface area contributed by atoms with Gasteiger partial charge in [-0.3, -0.25) is 4.57 Å². The number of aromatic nitrogens is 1. The van der Waals surface area contributed by atoms with Crippen LogP contribution in [0, 0.1) is 4.78 Å². The summed E-state index contributed by atoms with van der Waals surface area (Å²) in [5.41, 5.74) is 0. The minimum atomic E-state index is -3.18. The van der Waals surface area contributed by atoms with E-state index in [4.69, 9.17) is 14.7 Å². The minimum absolute atomic E-state index is 0.247. The van der Waals surface area contributed by atoms with Crippen molar-refractivity contribution in [2.45, 2.75) is 4.90 Å². The first-order valence-electron chi connectivity index (χ1n) is 3.66. The fraction of sp³-hybridized carbons (Fsp3) is 0.143. The van der Waals surface area contributed by atoms with E-state index in [1.807, 2.05) is 6.08 Å². The average Bonchev–Trinajstić information content (AvgIpc) is 2.45. The Morgan fingerprint density at radius 3 is 3.15 bits per heavy atom. The molecule has 1 atom stereocenters. The maximum Gasteiger partial charge on any atom is 0.216 e. The molecule has 0 bridgehead atoms. The Balaban J connectivity index is 2.63. The average molecular weight is 199 g/mol. The van der Waals surface area contributed by atoms with Gasteiger partial charge in [-0.2, -0.15) is 0 Å². The summed E-state index contributed by atoms with van der Waals surface area (Å²) < 4.78 is 25.3. The minimum Gasteiger partial charge on any atom is -0.473 e. The predicted molar refractivity (Wildman–Crippen MR) is 48.6 cm³/mol. The van der Waals surface area contributed by atoms with Gasteiger partial charge in [0.15, 0.2) is 0 Å². The lowest BCUT2D eigenvalue weighted by Crippen LogP contribution is -2.13. The zero-order valence-corrected chi connectivity index (χ0v) is 7.58. The highest BCUT2D eigenvalue weighted by Gasteiger charge is 2.17. The molecule has 0 aliphatic carbocycles. The third-order valence-corrected chi connectivity index (χ3v) is 2.70. The fourth-order valence-corrected chi connectivity index (χ4v) is 1.88. The molecule has 1 aliphatic rings. The van der Waals surface area contributed by atoms with Gasteiger partial charge in [-0.15, -0.1) is 0 Å². The van der Waals surface area contributed by atoms with Crippen LogP contribution >= 0.6 is 0 Å². The van der Waals surface area contributed by atoms with Crippen molar-refractivity contribution in [3.05, 3.63) is 18.3 Å². The van der Waals surface area contributed by atoms with Crippen LogP contribution in [-0.4, -0.2) is 15.4 Å². The summed E-state index contributed by atoms with van der Waals surface area (Å²) in [6.07, 6.45) is 5.27. The Labute approximate surface area is 75.9 Å². The normalized spacial score (nSPS) is 18.8. The summed E-state index contributed by atoms with van der Waals surface area (Å²) in [5, 5.41) is 5.20. The van der Waals surface area contributed by atoms with Crippen molar-refractivity contribution in [2.75, 3.05) is 6.61 Å². The number of rotatable bonds is 1. The Kier molecular flexibility index (Phi) is 1.67. The second kappa shape index (κ2) is 2.61. The second-order valence-electron chi connectivity index (χ2n) is 2.69.